The largest absolute Gasteiger partial charge is 0.497 e. The summed E-state index contributed by atoms with van der Waals surface area (Å²) in [6.45, 7) is 2.79. The number of methoxy groups -OCH3 is 2. The summed E-state index contributed by atoms with van der Waals surface area (Å²) in [5.74, 6) is 1.47. The van der Waals surface area contributed by atoms with Crippen LogP contribution in [0.3, 0.4) is 0 Å². The van der Waals surface area contributed by atoms with Crippen LogP contribution < -0.4 is 14.8 Å². The third-order valence-corrected chi connectivity index (χ3v) is 4.71. The number of ether oxygens (including phenoxy) is 2. The first kappa shape index (κ1) is 17.5. The lowest BCUT2D eigenvalue weighted by atomic mass is 10.0. The van der Waals surface area contributed by atoms with Crippen LogP contribution in [-0.4, -0.2) is 38.3 Å². The highest BCUT2D eigenvalue weighted by atomic mass is 19.1. The number of likely N-dealkylation sites (tertiary alicyclic amines) is 1. The molecule has 1 N–H and O–H groups in total. The minimum Gasteiger partial charge on any atom is -0.497 e. The summed E-state index contributed by atoms with van der Waals surface area (Å²) in [6.07, 6.45) is 1.99. The second-order valence-electron chi connectivity index (χ2n) is 6.35. The van der Waals surface area contributed by atoms with Gasteiger partial charge in [0.15, 0.2) is 0 Å². The van der Waals surface area contributed by atoms with Crippen molar-refractivity contribution in [3.63, 3.8) is 0 Å². The molecule has 0 atom stereocenters. The number of hydrogen-bond acceptors (Lipinski definition) is 4. The number of nitrogens with zero attached hydrogens (tertiary/aromatic N) is 1. The van der Waals surface area contributed by atoms with E-state index in [2.05, 4.69) is 16.3 Å². The van der Waals surface area contributed by atoms with Gasteiger partial charge in [0, 0.05) is 37.3 Å². The van der Waals surface area contributed by atoms with Gasteiger partial charge in [-0.05, 0) is 31.0 Å². The van der Waals surface area contributed by atoms with Crippen molar-refractivity contribution in [1.29, 1.82) is 0 Å². The molecular formula is C20H25FN2O2. The molecule has 0 radical (unpaired) electrons. The third-order valence-electron chi connectivity index (χ3n) is 4.71. The molecule has 0 bridgehead atoms. The quantitative estimate of drug-likeness (QED) is 0.861. The number of piperidine rings is 1. The van der Waals surface area contributed by atoms with Crippen LogP contribution >= 0.6 is 0 Å². The maximum absolute atomic E-state index is 13.8. The fourth-order valence-corrected chi connectivity index (χ4v) is 3.26. The van der Waals surface area contributed by atoms with E-state index in [0.717, 1.165) is 49.5 Å². The van der Waals surface area contributed by atoms with Gasteiger partial charge in [0.05, 0.1) is 19.9 Å². The van der Waals surface area contributed by atoms with E-state index in [1.165, 1.54) is 6.07 Å². The first-order valence-electron chi connectivity index (χ1n) is 8.64. The van der Waals surface area contributed by atoms with E-state index < -0.39 is 0 Å². The SMILES string of the molecule is COc1ccc(CN2CCC(Nc3ccccc3F)CC2)c(OC)c1. The number of nitrogens with one attached hydrogen (secondary N) is 1. The Kier molecular flexibility index (Phi) is 5.76. The monoisotopic (exact) mass is 344 g/mol. The van der Waals surface area contributed by atoms with Crippen LogP contribution in [-0.2, 0) is 6.54 Å². The van der Waals surface area contributed by atoms with Crippen molar-refractivity contribution in [1.82, 2.24) is 4.90 Å². The predicted octanol–water partition coefficient (Wildman–Crippen LogP) is 3.92. The molecular weight excluding hydrogens is 319 g/mol. The number of hydrogen-bond donors (Lipinski definition) is 1. The number of anilines is 1. The van der Waals surface area contributed by atoms with Crippen molar-refractivity contribution in [2.45, 2.75) is 25.4 Å². The van der Waals surface area contributed by atoms with Gasteiger partial charge in [-0.15, -0.1) is 0 Å². The first-order valence-corrected chi connectivity index (χ1v) is 8.64. The molecule has 0 spiro atoms. The Hall–Kier alpha value is -2.27. The number of benzene rings is 2. The highest BCUT2D eigenvalue weighted by Crippen LogP contribution is 2.27. The maximum Gasteiger partial charge on any atom is 0.146 e. The van der Waals surface area contributed by atoms with Crippen LogP contribution in [0.1, 0.15) is 18.4 Å². The summed E-state index contributed by atoms with van der Waals surface area (Å²) in [5.41, 5.74) is 1.75. The van der Waals surface area contributed by atoms with Crippen molar-refractivity contribution in [2.75, 3.05) is 32.6 Å². The Morgan fingerprint density at radius 2 is 1.84 bits per heavy atom. The molecule has 1 fully saturated rings. The summed E-state index contributed by atoms with van der Waals surface area (Å²) in [4.78, 5) is 2.41. The van der Waals surface area contributed by atoms with Crippen molar-refractivity contribution in [3.8, 4) is 11.5 Å². The summed E-state index contributed by atoms with van der Waals surface area (Å²) < 4.78 is 24.5. The molecule has 0 unspecified atom stereocenters. The van der Waals surface area contributed by atoms with E-state index in [4.69, 9.17) is 9.47 Å². The Morgan fingerprint density at radius 3 is 2.52 bits per heavy atom. The molecule has 1 heterocycles. The van der Waals surface area contributed by atoms with E-state index in [-0.39, 0.29) is 5.82 Å². The normalized spacial score (nSPS) is 15.8. The van der Waals surface area contributed by atoms with Gasteiger partial charge in [-0.1, -0.05) is 18.2 Å². The molecule has 2 aromatic carbocycles. The molecule has 25 heavy (non-hydrogen) atoms. The fraction of sp³-hybridized carbons (Fsp3) is 0.400. The van der Waals surface area contributed by atoms with Gasteiger partial charge in [0.1, 0.15) is 17.3 Å². The molecule has 2 aromatic rings. The van der Waals surface area contributed by atoms with E-state index in [1.807, 2.05) is 18.2 Å². The number of para-hydroxylation sites is 1. The molecule has 0 saturated carbocycles. The van der Waals surface area contributed by atoms with Crippen LogP contribution in [0.2, 0.25) is 0 Å². The second-order valence-corrected chi connectivity index (χ2v) is 6.35. The van der Waals surface area contributed by atoms with Gasteiger partial charge in [-0.25, -0.2) is 4.39 Å². The van der Waals surface area contributed by atoms with E-state index >= 15 is 0 Å². The smallest absolute Gasteiger partial charge is 0.146 e. The van der Waals surface area contributed by atoms with Crippen molar-refractivity contribution < 1.29 is 13.9 Å². The van der Waals surface area contributed by atoms with Crippen LogP contribution in [0.25, 0.3) is 0 Å². The molecule has 0 amide bonds. The molecule has 5 heteroatoms. The molecule has 1 aliphatic rings. The number of halogens is 1. The van der Waals surface area contributed by atoms with Crippen molar-refractivity contribution in [2.24, 2.45) is 0 Å². The minimum atomic E-state index is -0.187. The molecule has 134 valence electrons. The van der Waals surface area contributed by atoms with E-state index in [0.29, 0.717) is 11.7 Å². The van der Waals surface area contributed by atoms with Gasteiger partial charge in [0.2, 0.25) is 0 Å². The standard InChI is InChI=1S/C20H25FN2O2/c1-24-17-8-7-15(20(13-17)25-2)14-23-11-9-16(10-12-23)22-19-6-4-3-5-18(19)21/h3-8,13,16,22H,9-12,14H2,1-2H3. The Bertz CT molecular complexity index is 700. The fourth-order valence-electron chi connectivity index (χ4n) is 3.26. The first-order chi connectivity index (χ1) is 12.2. The van der Waals surface area contributed by atoms with E-state index in [9.17, 15) is 4.39 Å². The lowest BCUT2D eigenvalue weighted by molar-refractivity contribution is 0.208. The van der Waals surface area contributed by atoms with Crippen molar-refractivity contribution >= 4 is 5.69 Å². The molecule has 4 nitrogen and oxygen atoms in total. The summed E-state index contributed by atoms with van der Waals surface area (Å²) in [5, 5.41) is 3.33. The molecule has 0 aliphatic carbocycles. The predicted molar refractivity (Wildman–Crippen MR) is 97.9 cm³/mol. The van der Waals surface area contributed by atoms with Crippen LogP contribution in [0.15, 0.2) is 42.5 Å². The molecule has 1 saturated heterocycles. The Morgan fingerprint density at radius 1 is 1.08 bits per heavy atom. The summed E-state index contributed by atoms with van der Waals surface area (Å²) in [6, 6.07) is 13.1. The van der Waals surface area contributed by atoms with Crippen molar-refractivity contribution in [3.05, 3.63) is 53.8 Å². The van der Waals surface area contributed by atoms with E-state index in [1.54, 1.807) is 26.4 Å². The zero-order chi connectivity index (χ0) is 17.6. The summed E-state index contributed by atoms with van der Waals surface area (Å²) in [7, 11) is 3.34. The Balaban J connectivity index is 1.55. The third kappa shape index (κ3) is 4.42. The minimum absolute atomic E-state index is 0.187. The zero-order valence-corrected chi connectivity index (χ0v) is 14.8. The second kappa shape index (κ2) is 8.21. The molecule has 0 aromatic heterocycles. The Labute approximate surface area is 148 Å². The average Bonchev–Trinajstić information content (AvgIpc) is 2.65. The lowest BCUT2D eigenvalue weighted by Gasteiger charge is -2.33. The van der Waals surface area contributed by atoms with Gasteiger partial charge in [-0.3, -0.25) is 4.90 Å². The number of rotatable bonds is 6. The van der Waals surface area contributed by atoms with Crippen LogP contribution in [0.4, 0.5) is 10.1 Å². The zero-order valence-electron chi connectivity index (χ0n) is 14.8. The average molecular weight is 344 g/mol. The van der Waals surface area contributed by atoms with Crippen LogP contribution in [0, 0.1) is 5.82 Å². The molecule has 1 aliphatic heterocycles. The van der Waals surface area contributed by atoms with Gasteiger partial charge in [-0.2, -0.15) is 0 Å². The topological polar surface area (TPSA) is 33.7 Å². The van der Waals surface area contributed by atoms with Gasteiger partial charge in [0.25, 0.3) is 0 Å². The summed E-state index contributed by atoms with van der Waals surface area (Å²) >= 11 is 0. The highest BCUT2D eigenvalue weighted by Gasteiger charge is 2.21. The highest BCUT2D eigenvalue weighted by molar-refractivity contribution is 5.45. The molecule has 3 rings (SSSR count). The van der Waals surface area contributed by atoms with Gasteiger partial charge < -0.3 is 14.8 Å². The maximum atomic E-state index is 13.8. The van der Waals surface area contributed by atoms with Crippen LogP contribution in [0.5, 0.6) is 11.5 Å². The van der Waals surface area contributed by atoms with Gasteiger partial charge >= 0.3 is 0 Å². The lowest BCUT2D eigenvalue weighted by Crippen LogP contribution is -2.38.